The Morgan fingerprint density at radius 1 is 1.33 bits per heavy atom. The van der Waals surface area contributed by atoms with E-state index >= 15 is 0 Å². The van der Waals surface area contributed by atoms with Gasteiger partial charge in [-0.15, -0.1) is 10.2 Å². The molecule has 0 aliphatic carbocycles. The van der Waals surface area contributed by atoms with Gasteiger partial charge in [-0.25, -0.2) is 0 Å². The van der Waals surface area contributed by atoms with E-state index < -0.39 is 10.5 Å². The Labute approximate surface area is 86.5 Å². The van der Waals surface area contributed by atoms with Crippen LogP contribution in [0.25, 0.3) is 5.65 Å². The van der Waals surface area contributed by atoms with Gasteiger partial charge in [0.05, 0.1) is 6.20 Å². The molecule has 0 aliphatic heterocycles. The van der Waals surface area contributed by atoms with E-state index in [9.17, 15) is 8.42 Å². The molecule has 0 fully saturated rings. The van der Waals surface area contributed by atoms with Crippen molar-refractivity contribution in [3.8, 4) is 0 Å². The van der Waals surface area contributed by atoms with E-state index in [1.807, 2.05) is 13.8 Å². The molecular formula is C7H7N5O2S. The summed E-state index contributed by atoms with van der Waals surface area (Å²) in [7, 11) is -2.55. The highest BCUT2D eigenvalue weighted by Gasteiger charge is 2.09. The van der Waals surface area contributed by atoms with Crippen molar-refractivity contribution in [2.24, 2.45) is 4.36 Å². The maximum absolute atomic E-state index is 10.4. The predicted octanol–water partition coefficient (Wildman–Crippen LogP) is 0.435. The van der Waals surface area contributed by atoms with Crippen molar-refractivity contribution in [2.45, 2.75) is 13.8 Å². The van der Waals surface area contributed by atoms with Gasteiger partial charge in [0.1, 0.15) is 0 Å². The summed E-state index contributed by atoms with van der Waals surface area (Å²) in [6.45, 7) is 3.75. The van der Waals surface area contributed by atoms with Gasteiger partial charge in [-0.1, -0.05) is 4.36 Å². The molecule has 0 atom stereocenters. The number of aryl methyl sites for hydroxylation is 2. The third kappa shape index (κ3) is 1.59. The lowest BCUT2D eigenvalue weighted by Gasteiger charge is -1.98. The number of nitrogens with zero attached hydrogens (tertiary/aromatic N) is 5. The van der Waals surface area contributed by atoms with Gasteiger partial charge in [0.25, 0.3) is 5.95 Å². The molecule has 0 radical (unpaired) electrons. The second-order valence-corrected chi connectivity index (χ2v) is 3.61. The lowest BCUT2D eigenvalue weighted by Crippen LogP contribution is -1.95. The zero-order valence-corrected chi connectivity index (χ0v) is 8.85. The first kappa shape index (κ1) is 9.71. The van der Waals surface area contributed by atoms with Gasteiger partial charge in [0.2, 0.25) is 0 Å². The molecule has 0 aromatic carbocycles. The number of hydrogen-bond donors (Lipinski definition) is 0. The van der Waals surface area contributed by atoms with Crippen molar-refractivity contribution in [3.63, 3.8) is 0 Å². The Kier molecular flexibility index (Phi) is 2.19. The second kappa shape index (κ2) is 3.39. The standard InChI is InChI=1S/C7H7N5O2S/c1-4-3-8-12-6(5(4)2)9-10-7(12)11-15(13)14/h3H,1-2H3. The minimum Gasteiger partial charge on any atom is -0.176 e. The molecule has 2 heterocycles. The Hall–Kier alpha value is -1.83. The topological polar surface area (TPSA) is 89.6 Å². The fourth-order valence-electron chi connectivity index (χ4n) is 1.15. The summed E-state index contributed by atoms with van der Waals surface area (Å²) in [4.78, 5) is 0. The highest BCUT2D eigenvalue weighted by molar-refractivity contribution is 7.61. The fourth-order valence-corrected chi connectivity index (χ4v) is 1.40. The van der Waals surface area contributed by atoms with Crippen LogP contribution in [-0.2, 0) is 10.5 Å². The molecule has 0 amide bonds. The smallest absolute Gasteiger partial charge is 0.176 e. The van der Waals surface area contributed by atoms with Crippen molar-refractivity contribution in [1.82, 2.24) is 19.8 Å². The van der Waals surface area contributed by atoms with Gasteiger partial charge < -0.3 is 0 Å². The van der Waals surface area contributed by atoms with Crippen LogP contribution in [0.15, 0.2) is 10.6 Å². The zero-order valence-electron chi connectivity index (χ0n) is 8.04. The number of rotatable bonds is 1. The van der Waals surface area contributed by atoms with Gasteiger partial charge in [0.15, 0.2) is 5.65 Å². The molecular weight excluding hydrogens is 218 g/mol. The Morgan fingerprint density at radius 2 is 2.07 bits per heavy atom. The summed E-state index contributed by atoms with van der Waals surface area (Å²) in [5, 5.41) is 11.4. The SMILES string of the molecule is Cc1cnn2c(N=S(=O)=O)nnc2c1C. The van der Waals surface area contributed by atoms with Crippen LogP contribution in [0.1, 0.15) is 11.1 Å². The summed E-state index contributed by atoms with van der Waals surface area (Å²) in [5.74, 6) is -0.0403. The molecule has 78 valence electrons. The molecule has 0 unspecified atom stereocenters. The molecule has 7 nitrogen and oxygen atoms in total. The Morgan fingerprint density at radius 3 is 2.73 bits per heavy atom. The molecule has 0 saturated carbocycles. The second-order valence-electron chi connectivity index (χ2n) is 3.00. The van der Waals surface area contributed by atoms with E-state index in [1.165, 1.54) is 4.52 Å². The van der Waals surface area contributed by atoms with Gasteiger partial charge in [-0.2, -0.15) is 18.0 Å². The van der Waals surface area contributed by atoms with E-state index in [-0.39, 0.29) is 5.95 Å². The van der Waals surface area contributed by atoms with Gasteiger partial charge in [-0.3, -0.25) is 0 Å². The van der Waals surface area contributed by atoms with Crippen molar-refractivity contribution in [3.05, 3.63) is 17.3 Å². The van der Waals surface area contributed by atoms with Crippen LogP contribution in [0.2, 0.25) is 0 Å². The average Bonchev–Trinajstić information content (AvgIpc) is 2.55. The van der Waals surface area contributed by atoms with Crippen molar-refractivity contribution in [1.29, 1.82) is 0 Å². The number of fused-ring (bicyclic) bond motifs is 1. The summed E-state index contributed by atoms with van der Waals surface area (Å²) < 4.78 is 25.3. The molecule has 0 saturated heterocycles. The van der Waals surface area contributed by atoms with Crippen LogP contribution in [0.4, 0.5) is 5.95 Å². The molecule has 8 heteroatoms. The van der Waals surface area contributed by atoms with E-state index in [4.69, 9.17) is 0 Å². The van der Waals surface area contributed by atoms with Crippen LogP contribution in [-0.4, -0.2) is 28.2 Å². The van der Waals surface area contributed by atoms with E-state index in [1.54, 1.807) is 6.20 Å². The van der Waals surface area contributed by atoms with Crippen LogP contribution in [0.3, 0.4) is 0 Å². The third-order valence-corrected chi connectivity index (χ3v) is 2.39. The highest BCUT2D eigenvalue weighted by atomic mass is 32.2. The minimum atomic E-state index is -2.55. The fraction of sp³-hybridized carbons (Fsp3) is 0.286. The quantitative estimate of drug-likeness (QED) is 0.702. The molecule has 0 aliphatic rings. The lowest BCUT2D eigenvalue weighted by molar-refractivity contribution is 0.622. The van der Waals surface area contributed by atoms with Gasteiger partial charge in [0, 0.05) is 5.56 Å². The Bertz CT molecular complexity index is 649. The molecule has 15 heavy (non-hydrogen) atoms. The third-order valence-electron chi connectivity index (χ3n) is 2.07. The van der Waals surface area contributed by atoms with Gasteiger partial charge >= 0.3 is 10.5 Å². The van der Waals surface area contributed by atoms with E-state index in [0.29, 0.717) is 5.65 Å². The van der Waals surface area contributed by atoms with E-state index in [2.05, 4.69) is 19.7 Å². The highest BCUT2D eigenvalue weighted by Crippen LogP contribution is 2.15. The first-order valence-electron chi connectivity index (χ1n) is 4.08. The molecule has 2 rings (SSSR count). The molecule has 0 N–H and O–H groups in total. The molecule has 0 spiro atoms. The van der Waals surface area contributed by atoms with E-state index in [0.717, 1.165) is 11.1 Å². The van der Waals surface area contributed by atoms with Crippen molar-refractivity contribution in [2.75, 3.05) is 0 Å². The van der Waals surface area contributed by atoms with Crippen LogP contribution in [0.5, 0.6) is 0 Å². The maximum Gasteiger partial charge on any atom is 0.319 e. The first-order chi connectivity index (χ1) is 7.09. The largest absolute Gasteiger partial charge is 0.319 e. The Balaban J connectivity index is 2.83. The summed E-state index contributed by atoms with van der Waals surface area (Å²) in [6, 6.07) is 0. The van der Waals surface area contributed by atoms with Crippen LogP contribution in [0, 0.1) is 13.8 Å². The monoisotopic (exact) mass is 225 g/mol. The van der Waals surface area contributed by atoms with Crippen LogP contribution < -0.4 is 0 Å². The summed E-state index contributed by atoms with van der Waals surface area (Å²) >= 11 is 0. The normalized spacial score (nSPS) is 10.5. The molecule has 2 aromatic heterocycles. The number of hydrogen-bond acceptors (Lipinski definition) is 6. The molecule has 2 aromatic rings. The first-order valence-corrected chi connectivity index (χ1v) is 5.11. The minimum absolute atomic E-state index is 0.0403. The van der Waals surface area contributed by atoms with Gasteiger partial charge in [-0.05, 0) is 19.4 Å². The summed E-state index contributed by atoms with van der Waals surface area (Å²) in [6.07, 6.45) is 1.61. The number of aromatic nitrogens is 4. The van der Waals surface area contributed by atoms with Crippen molar-refractivity contribution < 1.29 is 8.42 Å². The lowest BCUT2D eigenvalue weighted by atomic mass is 10.2. The molecule has 0 bridgehead atoms. The van der Waals surface area contributed by atoms with Crippen molar-refractivity contribution >= 4 is 22.1 Å². The summed E-state index contributed by atoms with van der Waals surface area (Å²) in [5.41, 5.74) is 2.37. The maximum atomic E-state index is 10.4. The average molecular weight is 225 g/mol. The zero-order chi connectivity index (χ0) is 11.0. The van der Waals surface area contributed by atoms with Crippen LogP contribution >= 0.6 is 0 Å². The predicted molar refractivity (Wildman–Crippen MR) is 51.3 cm³/mol.